The van der Waals surface area contributed by atoms with Crippen LogP contribution < -0.4 is 0 Å². The highest BCUT2D eigenvalue weighted by molar-refractivity contribution is 7.98. The van der Waals surface area contributed by atoms with Gasteiger partial charge in [-0.15, -0.1) is 11.8 Å². The third-order valence-corrected chi connectivity index (χ3v) is 3.79. The van der Waals surface area contributed by atoms with Crippen molar-refractivity contribution < 1.29 is 9.90 Å². The summed E-state index contributed by atoms with van der Waals surface area (Å²) in [5.74, 6) is -0.946. The van der Waals surface area contributed by atoms with Crippen LogP contribution in [0.2, 0.25) is 0 Å². The fraction of sp³-hybridized carbons (Fsp3) is 0.188. The zero-order valence-electron chi connectivity index (χ0n) is 12.1. The van der Waals surface area contributed by atoms with Crippen LogP contribution in [0.15, 0.2) is 51.5 Å². The van der Waals surface area contributed by atoms with Crippen LogP contribution in [0.3, 0.4) is 0 Å². The van der Waals surface area contributed by atoms with Gasteiger partial charge in [0.1, 0.15) is 0 Å². The smallest absolute Gasteiger partial charge is 0.335 e. The number of benzene rings is 2. The van der Waals surface area contributed by atoms with Crippen LogP contribution in [-0.2, 0) is 0 Å². The molecule has 0 fully saturated rings. The molecule has 0 unspecified atom stereocenters. The monoisotopic (exact) mass is 300 g/mol. The van der Waals surface area contributed by atoms with Crippen LogP contribution in [0.5, 0.6) is 0 Å². The van der Waals surface area contributed by atoms with Crippen LogP contribution in [0.25, 0.3) is 0 Å². The maximum atomic E-state index is 10.8. The largest absolute Gasteiger partial charge is 0.478 e. The number of nitrogens with zero attached hydrogens (tertiary/aromatic N) is 2. The molecule has 21 heavy (non-hydrogen) atoms. The van der Waals surface area contributed by atoms with E-state index in [1.54, 1.807) is 23.9 Å². The van der Waals surface area contributed by atoms with Crippen molar-refractivity contribution in [2.75, 3.05) is 6.26 Å². The molecule has 2 aromatic rings. The second kappa shape index (κ2) is 6.54. The molecule has 0 aliphatic carbocycles. The summed E-state index contributed by atoms with van der Waals surface area (Å²) in [5, 5.41) is 17.3. The maximum Gasteiger partial charge on any atom is 0.335 e. The minimum atomic E-state index is -0.946. The van der Waals surface area contributed by atoms with Crippen LogP contribution in [0.4, 0.5) is 11.4 Å². The first-order valence-corrected chi connectivity index (χ1v) is 7.64. The van der Waals surface area contributed by atoms with E-state index in [0.29, 0.717) is 5.69 Å². The molecular formula is C16H16N2O2S. The van der Waals surface area contributed by atoms with E-state index in [-0.39, 0.29) is 5.56 Å². The van der Waals surface area contributed by atoms with Gasteiger partial charge in [-0.3, -0.25) is 0 Å². The average Bonchev–Trinajstić information content (AvgIpc) is 2.46. The van der Waals surface area contributed by atoms with Gasteiger partial charge in [0, 0.05) is 4.90 Å². The van der Waals surface area contributed by atoms with Gasteiger partial charge in [0.25, 0.3) is 0 Å². The Morgan fingerprint density at radius 3 is 2.10 bits per heavy atom. The first-order chi connectivity index (χ1) is 10.0. The summed E-state index contributed by atoms with van der Waals surface area (Å²) >= 11 is 1.70. The SMILES string of the molecule is CSc1cc(C)c(/N=N/c2ccc(C(=O)O)cc2)c(C)c1. The van der Waals surface area contributed by atoms with Crippen LogP contribution in [-0.4, -0.2) is 17.3 Å². The van der Waals surface area contributed by atoms with Crippen molar-refractivity contribution in [1.29, 1.82) is 0 Å². The predicted octanol–water partition coefficient (Wildman–Crippen LogP) is 5.14. The Kier molecular flexibility index (Phi) is 4.75. The molecule has 0 aliphatic rings. The predicted molar refractivity (Wildman–Crippen MR) is 85.3 cm³/mol. The van der Waals surface area contributed by atoms with Crippen molar-refractivity contribution in [2.24, 2.45) is 10.2 Å². The minimum Gasteiger partial charge on any atom is -0.478 e. The lowest BCUT2D eigenvalue weighted by molar-refractivity contribution is 0.0697. The maximum absolute atomic E-state index is 10.8. The zero-order chi connectivity index (χ0) is 15.4. The Hall–Kier alpha value is -2.14. The highest BCUT2D eigenvalue weighted by atomic mass is 32.2. The molecule has 2 aromatic carbocycles. The molecule has 0 aliphatic heterocycles. The molecule has 0 radical (unpaired) electrons. The molecule has 4 nitrogen and oxygen atoms in total. The number of aryl methyl sites for hydroxylation is 2. The van der Waals surface area contributed by atoms with E-state index in [0.717, 1.165) is 16.8 Å². The van der Waals surface area contributed by atoms with E-state index in [9.17, 15) is 4.79 Å². The summed E-state index contributed by atoms with van der Waals surface area (Å²) < 4.78 is 0. The van der Waals surface area contributed by atoms with Gasteiger partial charge < -0.3 is 5.11 Å². The summed E-state index contributed by atoms with van der Waals surface area (Å²) in [6.07, 6.45) is 2.04. The van der Waals surface area contributed by atoms with Crippen molar-refractivity contribution in [3.63, 3.8) is 0 Å². The van der Waals surface area contributed by atoms with E-state index >= 15 is 0 Å². The Morgan fingerprint density at radius 2 is 1.62 bits per heavy atom. The van der Waals surface area contributed by atoms with Crippen molar-refractivity contribution in [3.8, 4) is 0 Å². The quantitative estimate of drug-likeness (QED) is 0.628. The molecular weight excluding hydrogens is 284 g/mol. The van der Waals surface area contributed by atoms with Gasteiger partial charge in [0.05, 0.1) is 16.9 Å². The van der Waals surface area contributed by atoms with Crippen LogP contribution in [0.1, 0.15) is 21.5 Å². The molecule has 0 heterocycles. The van der Waals surface area contributed by atoms with Gasteiger partial charge in [-0.2, -0.15) is 10.2 Å². The lowest BCUT2D eigenvalue weighted by Crippen LogP contribution is -1.93. The second-order valence-corrected chi connectivity index (χ2v) is 5.54. The molecule has 0 atom stereocenters. The number of carboxylic acid groups (broad SMARTS) is 1. The Balaban J connectivity index is 2.27. The van der Waals surface area contributed by atoms with Gasteiger partial charge in [0.2, 0.25) is 0 Å². The standard InChI is InChI=1S/C16H16N2O2S/c1-10-8-14(21-3)9-11(2)15(10)18-17-13-6-4-12(5-7-13)16(19)20/h4-9H,1-3H3,(H,19,20)/b18-17+. The minimum absolute atomic E-state index is 0.241. The molecule has 1 N–H and O–H groups in total. The van der Waals surface area contributed by atoms with Crippen molar-refractivity contribution in [2.45, 2.75) is 18.7 Å². The summed E-state index contributed by atoms with van der Waals surface area (Å²) in [6, 6.07) is 10.5. The number of thioether (sulfide) groups is 1. The third kappa shape index (κ3) is 3.70. The van der Waals surface area contributed by atoms with Gasteiger partial charge in [-0.1, -0.05) is 0 Å². The number of aromatic carboxylic acids is 1. The number of carboxylic acids is 1. The number of rotatable bonds is 4. The fourth-order valence-corrected chi connectivity index (χ4v) is 2.56. The number of azo groups is 1. The molecule has 0 spiro atoms. The lowest BCUT2D eigenvalue weighted by atomic mass is 10.1. The third-order valence-electron chi connectivity index (χ3n) is 3.08. The molecule has 0 aromatic heterocycles. The van der Waals surface area contributed by atoms with Gasteiger partial charge in [-0.05, 0) is 67.6 Å². The van der Waals surface area contributed by atoms with Crippen LogP contribution >= 0.6 is 11.8 Å². The van der Waals surface area contributed by atoms with Gasteiger partial charge in [-0.25, -0.2) is 4.79 Å². The highest BCUT2D eigenvalue weighted by Gasteiger charge is 2.05. The molecule has 2 rings (SSSR count). The van der Waals surface area contributed by atoms with Gasteiger partial charge >= 0.3 is 5.97 Å². The van der Waals surface area contributed by atoms with Crippen LogP contribution in [0, 0.1) is 13.8 Å². The summed E-state index contributed by atoms with van der Waals surface area (Å²) in [7, 11) is 0. The molecule has 0 saturated heterocycles. The Labute approximate surface area is 127 Å². The molecule has 0 saturated carbocycles. The summed E-state index contributed by atoms with van der Waals surface area (Å²) in [6.45, 7) is 4.02. The molecule has 0 amide bonds. The van der Waals surface area contributed by atoms with Crippen molar-refractivity contribution in [1.82, 2.24) is 0 Å². The van der Waals surface area contributed by atoms with E-state index in [1.165, 1.54) is 17.0 Å². The molecule has 108 valence electrons. The zero-order valence-corrected chi connectivity index (χ0v) is 12.9. The van der Waals surface area contributed by atoms with E-state index in [2.05, 4.69) is 22.4 Å². The first-order valence-electron chi connectivity index (χ1n) is 6.41. The van der Waals surface area contributed by atoms with Crippen molar-refractivity contribution in [3.05, 3.63) is 53.1 Å². The lowest BCUT2D eigenvalue weighted by Gasteiger charge is -2.06. The van der Waals surface area contributed by atoms with Crippen molar-refractivity contribution >= 4 is 29.1 Å². The fourth-order valence-electron chi connectivity index (χ4n) is 1.97. The topological polar surface area (TPSA) is 62.0 Å². The number of hydrogen-bond acceptors (Lipinski definition) is 4. The normalized spacial score (nSPS) is 11.0. The molecule has 0 bridgehead atoms. The molecule has 5 heteroatoms. The van der Waals surface area contributed by atoms with E-state index in [4.69, 9.17) is 5.11 Å². The second-order valence-electron chi connectivity index (χ2n) is 4.66. The van der Waals surface area contributed by atoms with Gasteiger partial charge in [0.15, 0.2) is 0 Å². The average molecular weight is 300 g/mol. The highest BCUT2D eigenvalue weighted by Crippen LogP contribution is 2.30. The Morgan fingerprint density at radius 1 is 1.05 bits per heavy atom. The van der Waals surface area contributed by atoms with E-state index in [1.807, 2.05) is 20.1 Å². The van der Waals surface area contributed by atoms with E-state index < -0.39 is 5.97 Å². The first kappa shape index (κ1) is 15.3. The summed E-state index contributed by atoms with van der Waals surface area (Å²) in [4.78, 5) is 12.0. The number of carbonyl (C=O) groups is 1. The summed E-state index contributed by atoms with van der Waals surface area (Å²) in [5.41, 5.74) is 3.88. The Bertz CT molecular complexity index is 671. The number of hydrogen-bond donors (Lipinski definition) is 1.